The highest BCUT2D eigenvalue weighted by Gasteiger charge is 2.19. The van der Waals surface area contributed by atoms with Crippen LogP contribution in [0.15, 0.2) is 29.3 Å². The van der Waals surface area contributed by atoms with Crippen molar-refractivity contribution < 1.29 is 4.79 Å². The first-order valence-electron chi connectivity index (χ1n) is 9.67. The van der Waals surface area contributed by atoms with E-state index in [1.54, 1.807) is 30.3 Å². The van der Waals surface area contributed by atoms with Gasteiger partial charge in [-0.25, -0.2) is 9.98 Å². The molecule has 0 saturated heterocycles. The fourth-order valence-corrected chi connectivity index (χ4v) is 4.10. The van der Waals surface area contributed by atoms with E-state index in [0.717, 1.165) is 30.0 Å². The van der Waals surface area contributed by atoms with Gasteiger partial charge in [0.1, 0.15) is 11.6 Å². The molecule has 2 aromatic rings. The first-order valence-corrected chi connectivity index (χ1v) is 10.5. The fraction of sp³-hybridized carbons (Fsp3) is 0.476. The molecule has 1 amide bonds. The summed E-state index contributed by atoms with van der Waals surface area (Å²) >= 11 is 1.69. The minimum absolute atomic E-state index is 0. The fourth-order valence-electron chi connectivity index (χ4n) is 3.23. The molecular formula is C21H30IN5OS. The molecule has 1 unspecified atom stereocenters. The number of fused-ring (bicyclic) bond motifs is 1. The molecule has 0 fully saturated rings. The maximum Gasteiger partial charge on any atom is 0.243 e. The predicted molar refractivity (Wildman–Crippen MR) is 130 cm³/mol. The van der Waals surface area contributed by atoms with Crippen LogP contribution in [0.5, 0.6) is 0 Å². The molecular weight excluding hydrogens is 497 g/mol. The maximum atomic E-state index is 12.0. The predicted octanol–water partition coefficient (Wildman–Crippen LogP) is 3.06. The topological polar surface area (TPSA) is 69.6 Å². The molecule has 1 aliphatic carbocycles. The molecule has 1 aliphatic rings. The summed E-state index contributed by atoms with van der Waals surface area (Å²) in [4.78, 5) is 23.9. The maximum absolute atomic E-state index is 12.0. The molecule has 0 aliphatic heterocycles. The number of nitrogens with one attached hydrogen (secondary N) is 2. The highest BCUT2D eigenvalue weighted by molar-refractivity contribution is 14.0. The van der Waals surface area contributed by atoms with Crippen LogP contribution in [0.25, 0.3) is 0 Å². The van der Waals surface area contributed by atoms with Gasteiger partial charge in [-0.15, -0.1) is 35.3 Å². The van der Waals surface area contributed by atoms with Crippen molar-refractivity contribution in [2.24, 2.45) is 4.99 Å². The third-order valence-electron chi connectivity index (χ3n) is 5.04. The van der Waals surface area contributed by atoms with Crippen LogP contribution in [0.1, 0.15) is 33.1 Å². The van der Waals surface area contributed by atoms with Crippen LogP contribution < -0.4 is 10.6 Å². The smallest absolute Gasteiger partial charge is 0.243 e. The lowest BCUT2D eigenvalue weighted by molar-refractivity contribution is -0.127. The summed E-state index contributed by atoms with van der Waals surface area (Å²) in [5.74, 6) is 0.654. The molecule has 1 atom stereocenters. The van der Waals surface area contributed by atoms with Crippen molar-refractivity contribution in [3.8, 4) is 0 Å². The van der Waals surface area contributed by atoms with Crippen molar-refractivity contribution in [2.75, 3.05) is 20.6 Å². The summed E-state index contributed by atoms with van der Waals surface area (Å²) < 4.78 is 0. The van der Waals surface area contributed by atoms with E-state index in [2.05, 4.69) is 51.8 Å². The Labute approximate surface area is 194 Å². The van der Waals surface area contributed by atoms with Gasteiger partial charge in [-0.3, -0.25) is 4.79 Å². The second-order valence-electron chi connectivity index (χ2n) is 7.41. The van der Waals surface area contributed by atoms with Gasteiger partial charge in [0.25, 0.3) is 0 Å². The highest BCUT2D eigenvalue weighted by Crippen LogP contribution is 2.21. The van der Waals surface area contributed by atoms with Gasteiger partial charge in [0, 0.05) is 25.0 Å². The number of amides is 1. The van der Waals surface area contributed by atoms with Crippen LogP contribution in [0.3, 0.4) is 0 Å². The third-order valence-corrected chi connectivity index (χ3v) is 6.11. The molecule has 158 valence electrons. The molecule has 2 N–H and O–H groups in total. The largest absolute Gasteiger partial charge is 0.353 e. The average Bonchev–Trinajstić information content (AvgIpc) is 3.01. The number of carbonyl (C=O) groups is 1. The Kier molecular flexibility index (Phi) is 8.88. The lowest BCUT2D eigenvalue weighted by atomic mass is 9.88. The normalized spacial score (nSPS) is 15.9. The molecule has 1 heterocycles. The molecule has 1 aromatic heterocycles. The molecule has 29 heavy (non-hydrogen) atoms. The molecule has 0 radical (unpaired) electrons. The van der Waals surface area contributed by atoms with Crippen LogP contribution in [-0.4, -0.2) is 48.4 Å². The number of nitrogens with zero attached hydrogens (tertiary/aromatic N) is 3. The Morgan fingerprint density at radius 3 is 2.66 bits per heavy atom. The number of halogens is 1. The van der Waals surface area contributed by atoms with Gasteiger partial charge < -0.3 is 15.5 Å². The van der Waals surface area contributed by atoms with E-state index in [1.165, 1.54) is 16.0 Å². The van der Waals surface area contributed by atoms with E-state index in [-0.39, 0.29) is 36.4 Å². The summed E-state index contributed by atoms with van der Waals surface area (Å²) in [5.41, 5.74) is 3.89. The van der Waals surface area contributed by atoms with Gasteiger partial charge in [0.2, 0.25) is 5.91 Å². The summed E-state index contributed by atoms with van der Waals surface area (Å²) in [5, 5.41) is 7.91. The van der Waals surface area contributed by atoms with Crippen molar-refractivity contribution >= 4 is 47.2 Å². The summed E-state index contributed by atoms with van der Waals surface area (Å²) in [6, 6.07) is 8.91. The van der Waals surface area contributed by atoms with Crippen LogP contribution >= 0.6 is 35.3 Å². The van der Waals surface area contributed by atoms with Crippen molar-refractivity contribution in [1.29, 1.82) is 0 Å². The lowest BCUT2D eigenvalue weighted by Crippen LogP contribution is -2.46. The Balaban J connectivity index is 0.00000300. The van der Waals surface area contributed by atoms with Gasteiger partial charge in [-0.2, -0.15) is 0 Å². The highest BCUT2D eigenvalue weighted by atomic mass is 127. The standard InChI is InChI=1S/C21H29N5OS.HI/c1-14-15(2)28-19(24-14)12-22-21(23-13-20(27)26(3)4)25-18-10-9-16-7-5-6-8-17(16)11-18;/h5-8,18H,9-13H2,1-4H3,(H2,22,23,25);1H. The zero-order chi connectivity index (χ0) is 20.1. The quantitative estimate of drug-likeness (QED) is 0.357. The Hall–Kier alpha value is -1.68. The number of hydrogen-bond acceptors (Lipinski definition) is 4. The van der Waals surface area contributed by atoms with E-state index < -0.39 is 0 Å². The average molecular weight is 527 g/mol. The van der Waals surface area contributed by atoms with Crippen LogP contribution in [0.4, 0.5) is 0 Å². The molecule has 3 rings (SSSR count). The van der Waals surface area contributed by atoms with Crippen molar-refractivity contribution in [3.05, 3.63) is 51.0 Å². The molecule has 0 spiro atoms. The van der Waals surface area contributed by atoms with Crippen molar-refractivity contribution in [1.82, 2.24) is 20.5 Å². The second-order valence-corrected chi connectivity index (χ2v) is 8.70. The van der Waals surface area contributed by atoms with Crippen LogP contribution in [-0.2, 0) is 24.2 Å². The third kappa shape index (κ3) is 6.67. The first-order chi connectivity index (χ1) is 13.4. The van der Waals surface area contributed by atoms with E-state index in [4.69, 9.17) is 0 Å². The number of aromatic nitrogens is 1. The molecule has 1 aromatic carbocycles. The summed E-state index contributed by atoms with van der Waals surface area (Å²) in [7, 11) is 3.50. The summed E-state index contributed by atoms with van der Waals surface area (Å²) in [6.45, 7) is 4.84. The Morgan fingerprint density at radius 1 is 1.28 bits per heavy atom. The number of guanidine groups is 1. The number of aliphatic imine (C=N–C) groups is 1. The number of rotatable bonds is 5. The number of carbonyl (C=O) groups excluding carboxylic acids is 1. The molecule has 8 heteroatoms. The van der Waals surface area contributed by atoms with E-state index in [0.29, 0.717) is 18.5 Å². The molecule has 0 saturated carbocycles. The van der Waals surface area contributed by atoms with E-state index in [9.17, 15) is 4.79 Å². The van der Waals surface area contributed by atoms with Gasteiger partial charge in [0.15, 0.2) is 5.96 Å². The first kappa shape index (κ1) is 23.6. The Morgan fingerprint density at radius 2 is 2.00 bits per heavy atom. The number of hydrogen-bond donors (Lipinski definition) is 2. The van der Waals surface area contributed by atoms with Gasteiger partial charge in [-0.1, -0.05) is 24.3 Å². The Bertz CT molecular complexity index is 845. The van der Waals surface area contributed by atoms with Gasteiger partial charge in [-0.05, 0) is 44.2 Å². The van der Waals surface area contributed by atoms with Crippen LogP contribution in [0.2, 0.25) is 0 Å². The van der Waals surface area contributed by atoms with Gasteiger partial charge >= 0.3 is 0 Å². The zero-order valence-electron chi connectivity index (χ0n) is 17.5. The number of likely N-dealkylation sites (N-methyl/N-ethyl adjacent to an activating group) is 1. The molecule has 0 bridgehead atoms. The van der Waals surface area contributed by atoms with E-state index in [1.807, 2.05) is 6.92 Å². The number of thiazole rings is 1. The zero-order valence-corrected chi connectivity index (χ0v) is 20.6. The van der Waals surface area contributed by atoms with Crippen molar-refractivity contribution in [2.45, 2.75) is 45.7 Å². The van der Waals surface area contributed by atoms with Crippen molar-refractivity contribution in [3.63, 3.8) is 0 Å². The van der Waals surface area contributed by atoms with E-state index >= 15 is 0 Å². The van der Waals surface area contributed by atoms with Gasteiger partial charge in [0.05, 0.1) is 12.2 Å². The number of aryl methyl sites for hydroxylation is 3. The summed E-state index contributed by atoms with van der Waals surface area (Å²) in [6.07, 6.45) is 3.07. The second kappa shape index (κ2) is 10.9. The van der Waals surface area contributed by atoms with Crippen LogP contribution in [0, 0.1) is 13.8 Å². The lowest BCUT2D eigenvalue weighted by Gasteiger charge is -2.27. The minimum Gasteiger partial charge on any atom is -0.353 e. The minimum atomic E-state index is -0.0176. The molecule has 6 nitrogen and oxygen atoms in total. The monoisotopic (exact) mass is 527 g/mol. The SMILES string of the molecule is Cc1nc(CNC(=NCC(=O)N(C)C)NC2CCc3ccccc3C2)sc1C.I. The number of benzene rings is 1.